The molecule has 0 spiro atoms. The highest BCUT2D eigenvalue weighted by Gasteiger charge is 2.17. The van der Waals surface area contributed by atoms with Crippen molar-refractivity contribution >= 4 is 40.3 Å². The molecule has 32 heavy (non-hydrogen) atoms. The molecule has 0 atom stereocenters. The maximum atomic E-state index is 12.4. The second kappa shape index (κ2) is 8.46. The highest BCUT2D eigenvalue weighted by molar-refractivity contribution is 6.01. The number of fused-ring (bicyclic) bond motifs is 2. The summed E-state index contributed by atoms with van der Waals surface area (Å²) in [7, 11) is 0. The molecule has 3 N–H and O–H groups in total. The van der Waals surface area contributed by atoms with Crippen LogP contribution in [0.3, 0.4) is 0 Å². The Hall–Kier alpha value is -4.27. The lowest BCUT2D eigenvalue weighted by Gasteiger charge is -2.19. The van der Waals surface area contributed by atoms with Crippen molar-refractivity contribution in [3.63, 3.8) is 0 Å². The number of nitrogens with one attached hydrogen (secondary N) is 2. The van der Waals surface area contributed by atoms with Crippen LogP contribution < -0.4 is 16.2 Å². The van der Waals surface area contributed by atoms with Crippen molar-refractivity contribution in [2.45, 2.75) is 25.7 Å². The molecule has 162 valence electrons. The molecule has 2 aliphatic heterocycles. The maximum absolute atomic E-state index is 12.4. The average molecular weight is 433 g/mol. The number of nitrogens with zero attached hydrogens (tertiary/aromatic N) is 1. The molecule has 3 amide bonds. The number of hydrogen-bond donors (Lipinski definition) is 3. The Kier molecular flexibility index (Phi) is 5.55. The van der Waals surface area contributed by atoms with Gasteiger partial charge < -0.3 is 10.4 Å². The highest BCUT2D eigenvalue weighted by atomic mass is 16.4. The van der Waals surface area contributed by atoms with Gasteiger partial charge in [0, 0.05) is 36.7 Å². The molecule has 2 aliphatic rings. The largest absolute Gasteiger partial charge is 0.478 e. The van der Waals surface area contributed by atoms with Gasteiger partial charge in [0.25, 0.3) is 5.56 Å². The van der Waals surface area contributed by atoms with E-state index in [4.69, 9.17) is 5.11 Å². The van der Waals surface area contributed by atoms with Crippen LogP contribution in [0.4, 0.5) is 5.69 Å². The summed E-state index contributed by atoms with van der Waals surface area (Å²) in [4.78, 5) is 55.3. The Balaban J connectivity index is 0.000000300. The van der Waals surface area contributed by atoms with E-state index in [0.717, 1.165) is 11.3 Å². The minimum absolute atomic E-state index is 0.0104. The monoisotopic (exact) mass is 433 g/mol. The van der Waals surface area contributed by atoms with Crippen LogP contribution in [-0.2, 0) is 20.8 Å². The van der Waals surface area contributed by atoms with Gasteiger partial charge in [-0.1, -0.05) is 0 Å². The number of aromatic nitrogens is 1. The topological polar surface area (TPSA) is 135 Å². The number of carbonyl (C=O) groups is 4. The molecule has 0 bridgehead atoms. The molecule has 0 saturated carbocycles. The number of carboxylic acid groups (broad SMARTS) is 1. The Morgan fingerprint density at radius 2 is 1.47 bits per heavy atom. The molecule has 5 rings (SSSR count). The fourth-order valence-electron chi connectivity index (χ4n) is 3.66. The first-order valence-electron chi connectivity index (χ1n) is 9.97. The Morgan fingerprint density at radius 3 is 2.12 bits per heavy atom. The van der Waals surface area contributed by atoms with Gasteiger partial charge in [0.1, 0.15) is 0 Å². The number of pyridine rings is 1. The first-order chi connectivity index (χ1) is 15.3. The third-order valence-electron chi connectivity index (χ3n) is 5.24. The van der Waals surface area contributed by atoms with Gasteiger partial charge in [-0.05, 0) is 59.8 Å². The zero-order valence-electron chi connectivity index (χ0n) is 16.9. The average Bonchev–Trinajstić information content (AvgIpc) is 3.16. The summed E-state index contributed by atoms with van der Waals surface area (Å²) >= 11 is 0. The molecule has 0 aliphatic carbocycles. The Morgan fingerprint density at radius 1 is 0.781 bits per heavy atom. The van der Waals surface area contributed by atoms with Crippen LogP contribution in [0, 0.1) is 0 Å². The number of carbonyl (C=O) groups excluding carboxylic acids is 3. The van der Waals surface area contributed by atoms with Gasteiger partial charge in [-0.25, -0.2) is 4.79 Å². The van der Waals surface area contributed by atoms with E-state index in [9.17, 15) is 24.0 Å². The first-order valence-corrected chi connectivity index (χ1v) is 9.97. The van der Waals surface area contributed by atoms with E-state index < -0.39 is 5.97 Å². The second-order valence-corrected chi connectivity index (χ2v) is 7.45. The summed E-state index contributed by atoms with van der Waals surface area (Å²) in [5.41, 5.74) is 3.04. The summed E-state index contributed by atoms with van der Waals surface area (Å²) in [6.45, 7) is 0. The number of amides is 3. The molecule has 9 heteroatoms. The molecule has 1 aromatic heterocycles. The van der Waals surface area contributed by atoms with Crippen molar-refractivity contribution in [1.82, 2.24) is 9.88 Å². The molecule has 3 heterocycles. The normalized spacial score (nSPS) is 14.8. The lowest BCUT2D eigenvalue weighted by Crippen LogP contribution is -2.21. The van der Waals surface area contributed by atoms with E-state index in [0.29, 0.717) is 42.3 Å². The Labute approximate surface area is 181 Å². The third kappa shape index (κ3) is 4.27. The summed E-state index contributed by atoms with van der Waals surface area (Å²) in [5.74, 6) is -1.32. The predicted octanol–water partition coefficient (Wildman–Crippen LogP) is 2.00. The van der Waals surface area contributed by atoms with Crippen LogP contribution in [0.5, 0.6) is 0 Å². The van der Waals surface area contributed by atoms with Gasteiger partial charge in [0.05, 0.1) is 11.1 Å². The van der Waals surface area contributed by atoms with Gasteiger partial charge in [-0.2, -0.15) is 0 Å². The van der Waals surface area contributed by atoms with Crippen LogP contribution in [-0.4, -0.2) is 33.4 Å². The van der Waals surface area contributed by atoms with Crippen molar-refractivity contribution in [2.24, 2.45) is 0 Å². The number of benzene rings is 2. The van der Waals surface area contributed by atoms with Crippen molar-refractivity contribution in [3.05, 3.63) is 70.0 Å². The zero-order valence-corrected chi connectivity index (χ0v) is 16.9. The summed E-state index contributed by atoms with van der Waals surface area (Å²) in [5, 5.41) is 14.8. The standard InChI is InChI=1S/C19H14N2O4.C4H5NO2/c22-17-7-2-11-10-14(4-5-15(11)20-17)21-16-6-1-13(19(24)25)9-12(16)3-8-18(21)23;6-3-1-2-4(7)5-3/h1,3-6,8-10H,2,7H2,(H,20,22)(H,24,25);1-2H2,(H,5,6,7). The van der Waals surface area contributed by atoms with Crippen molar-refractivity contribution < 1.29 is 24.3 Å². The van der Waals surface area contributed by atoms with Crippen molar-refractivity contribution in [1.29, 1.82) is 0 Å². The summed E-state index contributed by atoms with van der Waals surface area (Å²) < 4.78 is 1.55. The summed E-state index contributed by atoms with van der Waals surface area (Å²) in [6.07, 6.45) is 1.79. The quantitative estimate of drug-likeness (QED) is 0.529. The smallest absolute Gasteiger partial charge is 0.335 e. The second-order valence-electron chi connectivity index (χ2n) is 7.45. The minimum Gasteiger partial charge on any atom is -0.478 e. The number of rotatable bonds is 2. The fourth-order valence-corrected chi connectivity index (χ4v) is 3.66. The van der Waals surface area contributed by atoms with E-state index in [2.05, 4.69) is 10.6 Å². The number of aromatic carboxylic acids is 1. The molecular formula is C23H19N3O6. The Bertz CT molecular complexity index is 1330. The molecule has 2 aromatic carbocycles. The van der Waals surface area contributed by atoms with Crippen LogP contribution in [0.15, 0.2) is 53.3 Å². The molecule has 0 radical (unpaired) electrons. The molecule has 3 aromatic rings. The van der Waals surface area contributed by atoms with E-state index in [1.165, 1.54) is 12.1 Å². The van der Waals surface area contributed by atoms with E-state index in [1.807, 2.05) is 6.07 Å². The maximum Gasteiger partial charge on any atom is 0.335 e. The molecule has 1 saturated heterocycles. The van der Waals surface area contributed by atoms with Crippen molar-refractivity contribution in [3.8, 4) is 5.69 Å². The lowest BCUT2D eigenvalue weighted by atomic mass is 10.0. The van der Waals surface area contributed by atoms with E-state index in [1.54, 1.807) is 34.9 Å². The van der Waals surface area contributed by atoms with Gasteiger partial charge in [-0.15, -0.1) is 0 Å². The van der Waals surface area contributed by atoms with Crippen LogP contribution >= 0.6 is 0 Å². The number of anilines is 1. The van der Waals surface area contributed by atoms with Crippen molar-refractivity contribution in [2.75, 3.05) is 5.32 Å². The van der Waals surface area contributed by atoms with E-state index in [-0.39, 0.29) is 28.8 Å². The van der Waals surface area contributed by atoms with E-state index >= 15 is 0 Å². The zero-order chi connectivity index (χ0) is 22.8. The minimum atomic E-state index is -1.01. The van der Waals surface area contributed by atoms with Crippen LogP contribution in [0.25, 0.3) is 16.6 Å². The number of imide groups is 1. The van der Waals surface area contributed by atoms with Gasteiger partial charge in [0.2, 0.25) is 17.7 Å². The molecule has 0 unspecified atom stereocenters. The van der Waals surface area contributed by atoms with Gasteiger partial charge in [0.15, 0.2) is 0 Å². The molecular weight excluding hydrogens is 414 g/mol. The lowest BCUT2D eigenvalue weighted by molar-refractivity contribution is -0.124. The SMILES string of the molecule is O=C1CCC(=O)N1.O=C1CCc2cc(-n3c(=O)ccc4cc(C(=O)O)ccc43)ccc2N1. The highest BCUT2D eigenvalue weighted by Crippen LogP contribution is 2.26. The van der Waals surface area contributed by atoms with Gasteiger partial charge in [-0.3, -0.25) is 29.1 Å². The molecule has 1 fully saturated rings. The number of hydrogen-bond acceptors (Lipinski definition) is 5. The number of aryl methyl sites for hydroxylation is 1. The fraction of sp³-hybridized carbons (Fsp3) is 0.174. The number of carboxylic acids is 1. The third-order valence-corrected chi connectivity index (χ3v) is 5.24. The van der Waals surface area contributed by atoms with Crippen LogP contribution in [0.1, 0.15) is 35.2 Å². The summed E-state index contributed by atoms with van der Waals surface area (Å²) in [6, 6.07) is 13.2. The molecule has 9 nitrogen and oxygen atoms in total. The van der Waals surface area contributed by atoms with Crippen LogP contribution in [0.2, 0.25) is 0 Å². The van der Waals surface area contributed by atoms with Gasteiger partial charge >= 0.3 is 5.97 Å². The predicted molar refractivity (Wildman–Crippen MR) is 116 cm³/mol. The first kappa shape index (κ1) is 21.0.